The van der Waals surface area contributed by atoms with Crippen molar-refractivity contribution in [1.82, 2.24) is 5.32 Å². The molecule has 0 saturated carbocycles. The summed E-state index contributed by atoms with van der Waals surface area (Å²) in [5.41, 5.74) is 1.20. The topological polar surface area (TPSA) is 21.3 Å². The molecule has 0 unspecified atom stereocenters. The van der Waals surface area contributed by atoms with Crippen molar-refractivity contribution in [3.63, 3.8) is 0 Å². The quantitative estimate of drug-likeness (QED) is 0.885. The van der Waals surface area contributed by atoms with Crippen LogP contribution in [0.5, 0.6) is 11.5 Å². The van der Waals surface area contributed by atoms with Crippen molar-refractivity contribution in [3.8, 4) is 11.5 Å². The van der Waals surface area contributed by atoms with Crippen LogP contribution in [0.15, 0.2) is 46.9 Å². The van der Waals surface area contributed by atoms with Crippen molar-refractivity contribution in [2.75, 3.05) is 7.05 Å². The third-order valence-electron chi connectivity index (χ3n) is 2.44. The maximum Gasteiger partial charge on any atom is 0.128 e. The Balaban J connectivity index is 2.14. The fourth-order valence-corrected chi connectivity index (χ4v) is 2.19. The first kappa shape index (κ1) is 13.4. The van der Waals surface area contributed by atoms with Gasteiger partial charge >= 0.3 is 0 Å². The van der Waals surface area contributed by atoms with Gasteiger partial charge in [-0.15, -0.1) is 0 Å². The molecule has 2 aromatic rings. The smallest absolute Gasteiger partial charge is 0.128 e. The van der Waals surface area contributed by atoms with Gasteiger partial charge in [0.25, 0.3) is 0 Å². The molecule has 0 aliphatic carbocycles. The number of hydrogen-bond donors (Lipinski definition) is 1. The molecule has 0 bridgehead atoms. The summed E-state index contributed by atoms with van der Waals surface area (Å²) >= 11 is 9.36. The van der Waals surface area contributed by atoms with Crippen LogP contribution in [0.25, 0.3) is 0 Å². The van der Waals surface area contributed by atoms with E-state index < -0.39 is 0 Å². The number of hydrogen-bond acceptors (Lipinski definition) is 2. The van der Waals surface area contributed by atoms with Gasteiger partial charge in [-0.25, -0.2) is 0 Å². The molecule has 0 spiro atoms. The van der Waals surface area contributed by atoms with Crippen LogP contribution >= 0.6 is 27.5 Å². The fraction of sp³-hybridized carbons (Fsp3) is 0.143. The van der Waals surface area contributed by atoms with E-state index in [1.165, 1.54) is 5.56 Å². The Hall–Kier alpha value is -1.03. The van der Waals surface area contributed by atoms with Gasteiger partial charge in [-0.1, -0.05) is 33.6 Å². The lowest BCUT2D eigenvalue weighted by atomic mass is 10.2. The standard InChI is InChI=1S/C14H13BrClNO/c1-17-9-10-2-5-13(8-14(10)15)18-12-6-3-11(16)4-7-12/h2-8,17H,9H2,1H3. The van der Waals surface area contributed by atoms with Crippen molar-refractivity contribution < 1.29 is 4.74 Å². The van der Waals surface area contributed by atoms with Gasteiger partial charge in [0.15, 0.2) is 0 Å². The van der Waals surface area contributed by atoms with Gasteiger partial charge in [0, 0.05) is 16.0 Å². The molecule has 2 rings (SSSR count). The summed E-state index contributed by atoms with van der Waals surface area (Å²) in [4.78, 5) is 0. The summed E-state index contributed by atoms with van der Waals surface area (Å²) in [5.74, 6) is 1.57. The maximum absolute atomic E-state index is 5.83. The minimum atomic E-state index is 0.702. The Morgan fingerprint density at radius 3 is 2.39 bits per heavy atom. The molecule has 0 aliphatic rings. The van der Waals surface area contributed by atoms with Crippen molar-refractivity contribution in [3.05, 3.63) is 57.5 Å². The molecule has 0 amide bonds. The summed E-state index contributed by atoms with van der Waals surface area (Å²) < 4.78 is 6.77. The summed E-state index contributed by atoms with van der Waals surface area (Å²) in [5, 5.41) is 3.82. The zero-order valence-corrected chi connectivity index (χ0v) is 12.3. The molecule has 18 heavy (non-hydrogen) atoms. The fourth-order valence-electron chi connectivity index (χ4n) is 1.56. The summed E-state index contributed by atoms with van der Waals surface area (Å²) in [6, 6.07) is 13.2. The lowest BCUT2D eigenvalue weighted by Gasteiger charge is -2.09. The third-order valence-corrected chi connectivity index (χ3v) is 3.43. The highest BCUT2D eigenvalue weighted by Crippen LogP contribution is 2.27. The molecule has 94 valence electrons. The molecule has 0 radical (unpaired) electrons. The Kier molecular flexibility index (Phi) is 4.64. The number of halogens is 2. The monoisotopic (exact) mass is 325 g/mol. The van der Waals surface area contributed by atoms with E-state index in [2.05, 4.69) is 21.2 Å². The molecule has 0 saturated heterocycles. The summed E-state index contributed by atoms with van der Waals surface area (Å²) in [7, 11) is 1.92. The van der Waals surface area contributed by atoms with Crippen LogP contribution in [-0.2, 0) is 6.54 Å². The largest absolute Gasteiger partial charge is 0.457 e. The van der Waals surface area contributed by atoms with Crippen LogP contribution in [0, 0.1) is 0 Å². The second-order valence-corrected chi connectivity index (χ2v) is 5.13. The van der Waals surface area contributed by atoms with E-state index in [1.807, 2.05) is 37.4 Å². The number of ether oxygens (including phenoxy) is 1. The molecular formula is C14H13BrClNO. The van der Waals surface area contributed by atoms with E-state index >= 15 is 0 Å². The van der Waals surface area contributed by atoms with Crippen molar-refractivity contribution in [1.29, 1.82) is 0 Å². The molecule has 0 aliphatic heterocycles. The molecule has 0 aromatic heterocycles. The third kappa shape index (κ3) is 3.48. The Morgan fingerprint density at radius 1 is 1.11 bits per heavy atom. The molecule has 1 N–H and O–H groups in total. The minimum Gasteiger partial charge on any atom is -0.457 e. The normalized spacial score (nSPS) is 10.4. The molecule has 2 aromatic carbocycles. The molecule has 0 atom stereocenters. The Bertz CT molecular complexity index is 528. The summed E-state index contributed by atoms with van der Waals surface area (Å²) in [6.07, 6.45) is 0. The van der Waals surface area contributed by atoms with E-state index in [-0.39, 0.29) is 0 Å². The van der Waals surface area contributed by atoms with Gasteiger partial charge in [-0.3, -0.25) is 0 Å². The van der Waals surface area contributed by atoms with Gasteiger partial charge in [-0.2, -0.15) is 0 Å². The Morgan fingerprint density at radius 2 is 1.78 bits per heavy atom. The lowest BCUT2D eigenvalue weighted by molar-refractivity contribution is 0.482. The average Bonchev–Trinajstić information content (AvgIpc) is 2.36. The van der Waals surface area contributed by atoms with Crippen LogP contribution in [0.1, 0.15) is 5.56 Å². The van der Waals surface area contributed by atoms with Crippen LogP contribution in [0.3, 0.4) is 0 Å². The van der Waals surface area contributed by atoms with Crippen molar-refractivity contribution in [2.24, 2.45) is 0 Å². The first-order valence-corrected chi connectivity index (χ1v) is 6.72. The number of rotatable bonds is 4. The maximum atomic E-state index is 5.83. The van der Waals surface area contributed by atoms with E-state index in [0.717, 1.165) is 22.5 Å². The number of benzene rings is 2. The van der Waals surface area contributed by atoms with E-state index in [4.69, 9.17) is 16.3 Å². The molecule has 0 fully saturated rings. The molecule has 0 heterocycles. The van der Waals surface area contributed by atoms with Gasteiger partial charge in [0.1, 0.15) is 11.5 Å². The number of nitrogens with one attached hydrogen (secondary N) is 1. The highest BCUT2D eigenvalue weighted by Gasteiger charge is 2.02. The first-order valence-electron chi connectivity index (χ1n) is 5.55. The molecular weight excluding hydrogens is 314 g/mol. The zero-order chi connectivity index (χ0) is 13.0. The second-order valence-electron chi connectivity index (χ2n) is 3.84. The van der Waals surface area contributed by atoms with Gasteiger partial charge in [0.2, 0.25) is 0 Å². The van der Waals surface area contributed by atoms with Crippen molar-refractivity contribution in [2.45, 2.75) is 6.54 Å². The average molecular weight is 327 g/mol. The Labute approximate surface area is 120 Å². The molecule has 2 nitrogen and oxygen atoms in total. The molecule has 4 heteroatoms. The predicted octanol–water partition coefficient (Wildman–Crippen LogP) is 4.61. The highest BCUT2D eigenvalue weighted by molar-refractivity contribution is 9.10. The first-order chi connectivity index (χ1) is 8.69. The van der Waals surface area contributed by atoms with Crippen LogP contribution in [0.4, 0.5) is 0 Å². The predicted molar refractivity (Wildman–Crippen MR) is 78.4 cm³/mol. The highest BCUT2D eigenvalue weighted by atomic mass is 79.9. The van der Waals surface area contributed by atoms with Gasteiger partial charge < -0.3 is 10.1 Å². The van der Waals surface area contributed by atoms with Crippen molar-refractivity contribution >= 4 is 27.5 Å². The van der Waals surface area contributed by atoms with E-state index in [9.17, 15) is 0 Å². The van der Waals surface area contributed by atoms with Gasteiger partial charge in [-0.05, 0) is 49.0 Å². The van der Waals surface area contributed by atoms with Crippen LogP contribution < -0.4 is 10.1 Å². The lowest BCUT2D eigenvalue weighted by Crippen LogP contribution is -2.05. The minimum absolute atomic E-state index is 0.702. The van der Waals surface area contributed by atoms with Crippen LogP contribution in [0.2, 0.25) is 5.02 Å². The van der Waals surface area contributed by atoms with E-state index in [0.29, 0.717) is 5.02 Å². The SMILES string of the molecule is CNCc1ccc(Oc2ccc(Cl)cc2)cc1Br. The second kappa shape index (κ2) is 6.23. The van der Waals surface area contributed by atoms with Crippen LogP contribution in [-0.4, -0.2) is 7.05 Å². The van der Waals surface area contributed by atoms with Gasteiger partial charge in [0.05, 0.1) is 0 Å². The zero-order valence-electron chi connectivity index (χ0n) is 9.91. The van der Waals surface area contributed by atoms with E-state index in [1.54, 1.807) is 12.1 Å². The summed E-state index contributed by atoms with van der Waals surface area (Å²) in [6.45, 7) is 0.821.